The molecule has 11 nitrogen and oxygen atoms in total. The molecule has 10 N–H and O–H groups in total. The third-order valence-electron chi connectivity index (χ3n) is 5.18. The van der Waals surface area contributed by atoms with Crippen LogP contribution in [-0.4, -0.2) is 75.2 Å². The summed E-state index contributed by atoms with van der Waals surface area (Å²) in [5.74, 6) is -4.19. The number of benzene rings is 1. The van der Waals surface area contributed by atoms with Crippen molar-refractivity contribution in [3.05, 3.63) is 35.9 Å². The summed E-state index contributed by atoms with van der Waals surface area (Å²) in [6.45, 7) is 0.560. The summed E-state index contributed by atoms with van der Waals surface area (Å²) in [6, 6.07) is 6.33. The first-order chi connectivity index (χ1) is 14.6. The van der Waals surface area contributed by atoms with Gasteiger partial charge in [0.15, 0.2) is 5.96 Å². The average molecular weight is 437 g/mol. The van der Waals surface area contributed by atoms with Gasteiger partial charge in [0, 0.05) is 13.1 Å². The molecule has 172 valence electrons. The van der Waals surface area contributed by atoms with Gasteiger partial charge in [0.25, 0.3) is 5.97 Å². The number of rotatable bonds is 10. The molecule has 1 aromatic rings. The largest absolute Gasteiger partial charge is 0.370 e. The minimum atomic E-state index is -3.13. The summed E-state index contributed by atoms with van der Waals surface area (Å²) in [7, 11) is 0. The van der Waals surface area contributed by atoms with Gasteiger partial charge in [0.1, 0.15) is 12.1 Å². The van der Waals surface area contributed by atoms with Crippen molar-refractivity contribution in [1.82, 2.24) is 10.2 Å². The number of hydrogen-bond acceptors (Lipinski definition) is 7. The Balaban J connectivity index is 1.99. The van der Waals surface area contributed by atoms with Crippen LogP contribution in [0.15, 0.2) is 35.3 Å². The number of amides is 2. The maximum atomic E-state index is 12.9. The number of likely N-dealkylation sites (tertiary alicyclic amines) is 1. The second-order valence-corrected chi connectivity index (χ2v) is 7.68. The molecule has 0 aliphatic carbocycles. The Hall–Kier alpha value is -2.73. The molecule has 0 radical (unpaired) electrons. The number of guanidine groups is 1. The van der Waals surface area contributed by atoms with Gasteiger partial charge in [-0.05, 0) is 37.7 Å². The van der Waals surface area contributed by atoms with Gasteiger partial charge in [0.05, 0.1) is 6.04 Å². The lowest BCUT2D eigenvalue weighted by molar-refractivity contribution is -0.327. The molecule has 11 heteroatoms. The highest BCUT2D eigenvalue weighted by Crippen LogP contribution is 2.20. The Morgan fingerprint density at radius 3 is 2.52 bits per heavy atom. The van der Waals surface area contributed by atoms with E-state index >= 15 is 0 Å². The van der Waals surface area contributed by atoms with Crippen molar-refractivity contribution in [2.24, 2.45) is 22.2 Å². The van der Waals surface area contributed by atoms with Gasteiger partial charge in [-0.25, -0.2) is 0 Å². The molecule has 1 fully saturated rings. The first-order valence-corrected chi connectivity index (χ1v) is 10.2. The Morgan fingerprint density at radius 1 is 1.23 bits per heavy atom. The fraction of sp³-hybridized carbons (Fsp3) is 0.550. The van der Waals surface area contributed by atoms with Crippen molar-refractivity contribution in [3.8, 4) is 0 Å². The number of nitrogens with two attached hydrogens (primary N) is 3. The Labute approximate surface area is 180 Å². The van der Waals surface area contributed by atoms with E-state index in [1.165, 1.54) is 4.90 Å². The van der Waals surface area contributed by atoms with E-state index in [0.717, 1.165) is 5.56 Å². The van der Waals surface area contributed by atoms with Gasteiger partial charge in [0.2, 0.25) is 11.8 Å². The minimum absolute atomic E-state index is 0.000206. The Kier molecular flexibility index (Phi) is 8.75. The van der Waals surface area contributed by atoms with Crippen molar-refractivity contribution >= 4 is 17.8 Å². The molecule has 0 saturated carbocycles. The molecule has 2 rings (SSSR count). The second-order valence-electron chi connectivity index (χ2n) is 7.68. The third-order valence-corrected chi connectivity index (χ3v) is 5.18. The van der Waals surface area contributed by atoms with Crippen LogP contribution >= 0.6 is 0 Å². The summed E-state index contributed by atoms with van der Waals surface area (Å²) < 4.78 is 0. The summed E-state index contributed by atoms with van der Waals surface area (Å²) in [6.07, 6.45) is 1.64. The molecular weight excluding hydrogens is 404 g/mol. The summed E-state index contributed by atoms with van der Waals surface area (Å²) in [4.78, 5) is 30.8. The van der Waals surface area contributed by atoms with E-state index in [4.69, 9.17) is 17.2 Å². The highest BCUT2D eigenvalue weighted by atomic mass is 16.7. The summed E-state index contributed by atoms with van der Waals surface area (Å²) >= 11 is 0. The van der Waals surface area contributed by atoms with Gasteiger partial charge in [-0.3, -0.25) is 14.6 Å². The van der Waals surface area contributed by atoms with Crippen LogP contribution in [0, 0.1) is 0 Å². The van der Waals surface area contributed by atoms with Crippen LogP contribution in [0.4, 0.5) is 0 Å². The molecule has 0 spiro atoms. The highest BCUT2D eigenvalue weighted by molar-refractivity contribution is 5.90. The fourth-order valence-electron chi connectivity index (χ4n) is 3.61. The summed E-state index contributed by atoms with van der Waals surface area (Å²) in [5, 5.41) is 31.3. The highest BCUT2D eigenvalue weighted by Gasteiger charge is 2.40. The molecule has 0 bridgehead atoms. The lowest BCUT2D eigenvalue weighted by Crippen LogP contribution is -2.58. The maximum absolute atomic E-state index is 12.9. The number of hydrogen-bond donors (Lipinski definition) is 7. The molecule has 1 aliphatic heterocycles. The van der Waals surface area contributed by atoms with E-state index in [0.29, 0.717) is 25.8 Å². The van der Waals surface area contributed by atoms with E-state index in [9.17, 15) is 24.9 Å². The zero-order valence-electron chi connectivity index (χ0n) is 17.4. The maximum Gasteiger partial charge on any atom is 0.296 e. The molecular formula is C20H32N6O5. The Bertz CT molecular complexity index is 763. The molecule has 31 heavy (non-hydrogen) atoms. The summed E-state index contributed by atoms with van der Waals surface area (Å²) in [5.41, 5.74) is 17.5. The van der Waals surface area contributed by atoms with E-state index < -0.39 is 30.0 Å². The van der Waals surface area contributed by atoms with Crippen LogP contribution in [0.3, 0.4) is 0 Å². The lowest BCUT2D eigenvalue weighted by atomic mass is 10.0. The standard InChI is InChI=1S/C20H32N6O5/c21-14(12-13-6-2-1-3-7-13)18(28)26-11-5-8-15(26)17(27)25-16(20(29,30)31)9-4-10-24-19(22)23/h1-3,6-7,14-16,29-31H,4-5,8-12,21H2,(H,25,27)(H4,22,23,24)/t14-,15+,16+/m1/s1. The van der Waals surface area contributed by atoms with Crippen LogP contribution in [0.5, 0.6) is 0 Å². The van der Waals surface area contributed by atoms with Gasteiger partial charge < -0.3 is 42.7 Å². The Morgan fingerprint density at radius 2 is 1.90 bits per heavy atom. The molecule has 1 aromatic carbocycles. The lowest BCUT2D eigenvalue weighted by Gasteiger charge is -2.31. The van der Waals surface area contributed by atoms with Gasteiger partial charge in [-0.15, -0.1) is 0 Å². The molecule has 0 unspecified atom stereocenters. The molecule has 2 amide bonds. The van der Waals surface area contributed by atoms with Crippen molar-refractivity contribution in [3.63, 3.8) is 0 Å². The van der Waals surface area contributed by atoms with E-state index in [1.54, 1.807) is 0 Å². The number of aliphatic imine (C=N–C) groups is 1. The van der Waals surface area contributed by atoms with Crippen LogP contribution in [-0.2, 0) is 16.0 Å². The van der Waals surface area contributed by atoms with Crippen LogP contribution in [0.2, 0.25) is 0 Å². The van der Waals surface area contributed by atoms with E-state index in [-0.39, 0.29) is 31.3 Å². The van der Waals surface area contributed by atoms with Gasteiger partial charge in [-0.1, -0.05) is 30.3 Å². The van der Waals surface area contributed by atoms with E-state index in [2.05, 4.69) is 10.3 Å². The van der Waals surface area contributed by atoms with Crippen molar-refractivity contribution in [1.29, 1.82) is 0 Å². The number of nitrogens with zero attached hydrogens (tertiary/aromatic N) is 2. The molecule has 1 aliphatic rings. The van der Waals surface area contributed by atoms with Crippen molar-refractivity contribution in [2.45, 2.75) is 56.2 Å². The van der Waals surface area contributed by atoms with Gasteiger partial charge >= 0.3 is 0 Å². The SMILES string of the molecule is NC(N)=NCCC[C@H](NC(=O)[C@@H]1CCCN1C(=O)[C@H](N)Cc1ccccc1)C(O)(O)O. The number of carbonyl (C=O) groups excluding carboxylic acids is 2. The number of aliphatic hydroxyl groups is 3. The van der Waals surface area contributed by atoms with Crippen LogP contribution in [0.25, 0.3) is 0 Å². The molecule has 3 atom stereocenters. The average Bonchev–Trinajstić information content (AvgIpc) is 3.19. The predicted octanol–water partition coefficient (Wildman–Crippen LogP) is -2.28. The van der Waals surface area contributed by atoms with Crippen molar-refractivity contribution < 1.29 is 24.9 Å². The van der Waals surface area contributed by atoms with Crippen LogP contribution < -0.4 is 22.5 Å². The normalized spacial score (nSPS) is 18.3. The monoisotopic (exact) mass is 436 g/mol. The smallest absolute Gasteiger partial charge is 0.296 e. The third kappa shape index (κ3) is 7.47. The minimum Gasteiger partial charge on any atom is -0.370 e. The fourth-order valence-corrected chi connectivity index (χ4v) is 3.61. The zero-order valence-corrected chi connectivity index (χ0v) is 17.4. The first-order valence-electron chi connectivity index (χ1n) is 10.2. The van der Waals surface area contributed by atoms with Crippen molar-refractivity contribution in [2.75, 3.05) is 13.1 Å². The number of nitrogens with one attached hydrogen (secondary N) is 1. The van der Waals surface area contributed by atoms with Gasteiger partial charge in [-0.2, -0.15) is 0 Å². The molecule has 0 aromatic heterocycles. The van der Waals surface area contributed by atoms with Crippen LogP contribution in [0.1, 0.15) is 31.2 Å². The molecule has 1 saturated heterocycles. The predicted molar refractivity (Wildman–Crippen MR) is 114 cm³/mol. The quantitative estimate of drug-likeness (QED) is 0.0919. The number of carbonyl (C=O) groups is 2. The van der Waals surface area contributed by atoms with E-state index in [1.807, 2.05) is 30.3 Å². The zero-order chi connectivity index (χ0) is 23.0. The molecule has 1 heterocycles. The topological polar surface area (TPSA) is 201 Å². The second kappa shape index (κ2) is 11.0. The first kappa shape index (κ1) is 24.5.